The zero-order valence-corrected chi connectivity index (χ0v) is 18.5. The van der Waals surface area contributed by atoms with E-state index in [0.29, 0.717) is 11.1 Å². The van der Waals surface area contributed by atoms with Gasteiger partial charge in [0.25, 0.3) is 0 Å². The number of aromatic hydroxyl groups is 2. The second-order valence-electron chi connectivity index (χ2n) is 7.22. The Morgan fingerprint density at radius 2 is 1.21 bits per heavy atom. The quantitative estimate of drug-likeness (QED) is 0.548. The molecule has 0 saturated carbocycles. The van der Waals surface area contributed by atoms with E-state index in [9.17, 15) is 14.8 Å². The highest BCUT2D eigenvalue weighted by atomic mass is 31.2. The molecule has 154 valence electrons. The molecular weight excluding hydrogens is 375 g/mol. The first-order valence-electron chi connectivity index (χ1n) is 9.60. The van der Waals surface area contributed by atoms with Gasteiger partial charge in [-0.05, 0) is 52.7 Å². The lowest BCUT2D eigenvalue weighted by atomic mass is 9.87. The summed E-state index contributed by atoms with van der Waals surface area (Å²) in [7, 11) is -3.43. The van der Waals surface area contributed by atoms with Gasteiger partial charge in [-0.2, -0.15) is 0 Å². The summed E-state index contributed by atoms with van der Waals surface area (Å²) in [6.07, 6.45) is 0.0294. The molecule has 6 heteroatoms. The first-order chi connectivity index (χ1) is 13.1. The first kappa shape index (κ1) is 22.5. The minimum Gasteiger partial charge on any atom is -0.507 e. The van der Waals surface area contributed by atoms with Gasteiger partial charge in [-0.25, -0.2) is 0 Å². The van der Waals surface area contributed by atoms with Gasteiger partial charge in [0.05, 0.1) is 19.4 Å². The molecule has 0 unspecified atom stereocenters. The topological polar surface area (TPSA) is 76.0 Å². The molecule has 0 aromatic heterocycles. The highest BCUT2D eigenvalue weighted by molar-refractivity contribution is 7.53. The van der Waals surface area contributed by atoms with Crippen LogP contribution in [0.3, 0.4) is 0 Å². The van der Waals surface area contributed by atoms with Crippen LogP contribution in [0.4, 0.5) is 0 Å². The van der Waals surface area contributed by atoms with Gasteiger partial charge in [0, 0.05) is 17.0 Å². The molecule has 0 atom stereocenters. The summed E-state index contributed by atoms with van der Waals surface area (Å²) >= 11 is 0. The van der Waals surface area contributed by atoms with Gasteiger partial charge < -0.3 is 19.3 Å². The van der Waals surface area contributed by atoms with Crippen LogP contribution in [0, 0.1) is 27.7 Å². The van der Waals surface area contributed by atoms with Crippen LogP contribution >= 0.6 is 7.60 Å². The SMILES string of the molecule is CCOP(=O)(CC(c1cc(C)cc(C)c1O)c1cc(C)cc(C)c1O)OCC. The fourth-order valence-corrected chi connectivity index (χ4v) is 5.55. The van der Waals surface area contributed by atoms with Crippen LogP contribution in [-0.4, -0.2) is 29.6 Å². The van der Waals surface area contributed by atoms with Gasteiger partial charge in [-0.3, -0.25) is 4.57 Å². The molecule has 2 rings (SSSR count). The standard InChI is InChI=1S/C22H31O5P/c1-7-26-28(25,27-8-2)13-20(18-11-14(3)9-16(5)21(18)23)19-12-15(4)10-17(6)22(19)24/h9-12,20,23-24H,7-8,13H2,1-6H3. The number of phenolic OH excluding ortho intramolecular Hbond substituents is 2. The second kappa shape index (κ2) is 9.13. The zero-order chi connectivity index (χ0) is 21.1. The van der Waals surface area contributed by atoms with Gasteiger partial charge in [-0.1, -0.05) is 35.4 Å². The molecule has 28 heavy (non-hydrogen) atoms. The van der Waals surface area contributed by atoms with Crippen LogP contribution in [0.1, 0.15) is 53.1 Å². The maximum Gasteiger partial charge on any atom is 0.331 e. The van der Waals surface area contributed by atoms with Crippen LogP contribution in [0.2, 0.25) is 0 Å². The highest BCUT2D eigenvalue weighted by Crippen LogP contribution is 2.54. The van der Waals surface area contributed by atoms with E-state index >= 15 is 0 Å². The first-order valence-corrected chi connectivity index (χ1v) is 11.3. The van der Waals surface area contributed by atoms with Gasteiger partial charge in [-0.15, -0.1) is 0 Å². The van der Waals surface area contributed by atoms with E-state index in [1.807, 2.05) is 52.0 Å². The minimum atomic E-state index is -3.43. The average Bonchev–Trinajstić information content (AvgIpc) is 2.60. The van der Waals surface area contributed by atoms with Crippen LogP contribution in [0.5, 0.6) is 11.5 Å². The Kier molecular flexibility index (Phi) is 7.33. The lowest BCUT2D eigenvalue weighted by Crippen LogP contribution is -2.12. The molecule has 2 N–H and O–H groups in total. The summed E-state index contributed by atoms with van der Waals surface area (Å²) in [4.78, 5) is 0. The monoisotopic (exact) mass is 406 g/mol. The number of rotatable bonds is 8. The van der Waals surface area contributed by atoms with Crippen LogP contribution in [-0.2, 0) is 13.6 Å². The summed E-state index contributed by atoms with van der Waals surface area (Å²) in [5.74, 6) is -0.274. The Morgan fingerprint density at radius 1 is 0.821 bits per heavy atom. The Labute approximate surface area is 167 Å². The molecule has 0 fully saturated rings. The van der Waals surface area contributed by atoms with Crippen molar-refractivity contribution in [1.29, 1.82) is 0 Å². The fraction of sp³-hybridized carbons (Fsp3) is 0.455. The van der Waals surface area contributed by atoms with E-state index in [1.54, 1.807) is 13.8 Å². The van der Waals surface area contributed by atoms with Crippen LogP contribution in [0.15, 0.2) is 24.3 Å². The Hall–Kier alpha value is -1.81. The van der Waals surface area contributed by atoms with Crippen molar-refractivity contribution in [3.8, 4) is 11.5 Å². The number of phenols is 2. The Morgan fingerprint density at radius 3 is 1.57 bits per heavy atom. The van der Waals surface area contributed by atoms with Crippen molar-refractivity contribution < 1.29 is 23.8 Å². The van der Waals surface area contributed by atoms with Gasteiger partial charge in [0.2, 0.25) is 0 Å². The maximum absolute atomic E-state index is 13.3. The van der Waals surface area contributed by atoms with Gasteiger partial charge >= 0.3 is 7.60 Å². The van der Waals surface area contributed by atoms with Crippen molar-refractivity contribution in [2.75, 3.05) is 19.4 Å². The molecule has 2 aromatic rings. The van der Waals surface area contributed by atoms with E-state index in [0.717, 1.165) is 22.3 Å². The van der Waals surface area contributed by atoms with Crippen LogP contribution in [0.25, 0.3) is 0 Å². The third-order valence-corrected chi connectivity index (χ3v) is 6.87. The number of benzene rings is 2. The summed E-state index contributed by atoms with van der Waals surface area (Å²) in [5.41, 5.74) is 4.62. The molecule has 0 aliphatic rings. The summed E-state index contributed by atoms with van der Waals surface area (Å²) in [6.45, 7) is 11.6. The summed E-state index contributed by atoms with van der Waals surface area (Å²) in [5, 5.41) is 21.6. The third-order valence-electron chi connectivity index (χ3n) is 4.76. The number of aryl methyl sites for hydroxylation is 4. The van der Waals surface area contributed by atoms with Crippen molar-refractivity contribution in [3.05, 3.63) is 57.6 Å². The third kappa shape index (κ3) is 4.96. The zero-order valence-electron chi connectivity index (χ0n) is 17.6. The van der Waals surface area contributed by atoms with E-state index in [2.05, 4.69) is 0 Å². The molecule has 2 aromatic carbocycles. The Bertz CT molecular complexity index is 823. The number of hydrogen-bond donors (Lipinski definition) is 2. The van der Waals surface area contributed by atoms with Crippen LogP contribution < -0.4 is 0 Å². The summed E-state index contributed by atoms with van der Waals surface area (Å²) < 4.78 is 24.4. The van der Waals surface area contributed by atoms with Crippen molar-refractivity contribution in [3.63, 3.8) is 0 Å². The Balaban J connectivity index is 2.72. The molecule has 0 aliphatic carbocycles. The van der Waals surface area contributed by atoms with Crippen molar-refractivity contribution in [2.45, 2.75) is 47.5 Å². The molecule has 0 heterocycles. The average molecular weight is 406 g/mol. The largest absolute Gasteiger partial charge is 0.507 e. The molecule has 0 spiro atoms. The molecule has 0 saturated heterocycles. The van der Waals surface area contributed by atoms with E-state index in [1.165, 1.54) is 0 Å². The smallest absolute Gasteiger partial charge is 0.331 e. The second-order valence-corrected chi connectivity index (χ2v) is 9.32. The van der Waals surface area contributed by atoms with Crippen molar-refractivity contribution >= 4 is 7.60 Å². The lowest BCUT2D eigenvalue weighted by molar-refractivity contribution is 0.219. The summed E-state index contributed by atoms with van der Waals surface area (Å²) in [6, 6.07) is 7.52. The molecule has 0 bridgehead atoms. The lowest BCUT2D eigenvalue weighted by Gasteiger charge is -2.26. The predicted molar refractivity (Wildman–Crippen MR) is 113 cm³/mol. The van der Waals surface area contributed by atoms with E-state index in [-0.39, 0.29) is 30.9 Å². The van der Waals surface area contributed by atoms with Crippen molar-refractivity contribution in [2.24, 2.45) is 0 Å². The number of hydrogen-bond acceptors (Lipinski definition) is 5. The van der Waals surface area contributed by atoms with Gasteiger partial charge in [0.1, 0.15) is 11.5 Å². The molecule has 0 aliphatic heterocycles. The minimum absolute atomic E-state index is 0.0294. The predicted octanol–water partition coefficient (Wildman–Crippen LogP) is 5.73. The fourth-order valence-electron chi connectivity index (χ4n) is 3.64. The molecular formula is C22H31O5P. The molecule has 0 amide bonds. The van der Waals surface area contributed by atoms with Crippen molar-refractivity contribution in [1.82, 2.24) is 0 Å². The van der Waals surface area contributed by atoms with E-state index in [4.69, 9.17) is 9.05 Å². The maximum atomic E-state index is 13.3. The van der Waals surface area contributed by atoms with Gasteiger partial charge in [0.15, 0.2) is 0 Å². The highest BCUT2D eigenvalue weighted by Gasteiger charge is 2.33. The molecule has 0 radical (unpaired) electrons. The normalized spacial score (nSPS) is 12.0. The molecule has 5 nitrogen and oxygen atoms in total. The van der Waals surface area contributed by atoms with E-state index < -0.39 is 13.5 Å².